The molecule has 0 aliphatic rings. The highest BCUT2D eigenvalue weighted by molar-refractivity contribution is 7.09. The molecular weight excluding hydrogens is 262 g/mol. The molecule has 0 bridgehead atoms. The first kappa shape index (κ1) is 11.8. The van der Waals surface area contributed by atoms with Gasteiger partial charge in [0.1, 0.15) is 4.88 Å². The van der Waals surface area contributed by atoms with Gasteiger partial charge in [-0.1, -0.05) is 28.7 Å². The molecule has 0 unspecified atom stereocenters. The smallest absolute Gasteiger partial charge is 0.271 e. The van der Waals surface area contributed by atoms with Crippen molar-refractivity contribution in [1.82, 2.24) is 19.7 Å². The first-order valence-corrected chi connectivity index (χ1v) is 6.57. The van der Waals surface area contributed by atoms with Crippen molar-refractivity contribution in [1.29, 1.82) is 0 Å². The van der Waals surface area contributed by atoms with Gasteiger partial charge in [-0.15, -0.1) is 5.10 Å². The van der Waals surface area contributed by atoms with Crippen molar-refractivity contribution in [2.45, 2.75) is 13.3 Å². The fourth-order valence-electron chi connectivity index (χ4n) is 1.73. The van der Waals surface area contributed by atoms with Crippen LogP contribution in [0.25, 0.3) is 22.2 Å². The van der Waals surface area contributed by atoms with Crippen molar-refractivity contribution in [3.63, 3.8) is 0 Å². The average molecular weight is 273 g/mol. The van der Waals surface area contributed by atoms with Gasteiger partial charge < -0.3 is 10.3 Å². The number of nitrogen functional groups attached to an aromatic ring is 1. The molecule has 2 aromatic heterocycles. The molecule has 96 valence electrons. The van der Waals surface area contributed by atoms with Crippen LogP contribution in [0.15, 0.2) is 28.8 Å². The molecule has 0 aliphatic carbocycles. The molecule has 7 heteroatoms. The molecule has 2 N–H and O–H groups in total. The summed E-state index contributed by atoms with van der Waals surface area (Å²) in [5.74, 6) is 0.911. The first-order chi connectivity index (χ1) is 9.29. The maximum atomic E-state index is 5.89. The van der Waals surface area contributed by atoms with Crippen LogP contribution in [0.5, 0.6) is 0 Å². The van der Waals surface area contributed by atoms with Gasteiger partial charge in [-0.25, -0.2) is 0 Å². The van der Waals surface area contributed by atoms with Crippen molar-refractivity contribution >= 4 is 17.2 Å². The lowest BCUT2D eigenvalue weighted by atomic mass is 10.2. The van der Waals surface area contributed by atoms with Crippen LogP contribution >= 0.6 is 11.5 Å². The lowest BCUT2D eigenvalue weighted by Crippen LogP contribution is -1.90. The molecule has 0 amide bonds. The van der Waals surface area contributed by atoms with Crippen LogP contribution in [0.2, 0.25) is 0 Å². The van der Waals surface area contributed by atoms with Gasteiger partial charge in [0.15, 0.2) is 0 Å². The van der Waals surface area contributed by atoms with E-state index < -0.39 is 0 Å². The van der Waals surface area contributed by atoms with E-state index in [0.29, 0.717) is 17.4 Å². The number of rotatable bonds is 3. The summed E-state index contributed by atoms with van der Waals surface area (Å²) in [6.07, 6.45) is 0.775. The van der Waals surface area contributed by atoms with Crippen LogP contribution in [0, 0.1) is 0 Å². The number of anilines is 1. The first-order valence-electron chi connectivity index (χ1n) is 5.79. The maximum absolute atomic E-state index is 5.89. The minimum atomic E-state index is 0.435. The Kier molecular flexibility index (Phi) is 2.96. The summed E-state index contributed by atoms with van der Waals surface area (Å²) in [6, 6.07) is 7.41. The molecule has 3 rings (SSSR count). The zero-order chi connectivity index (χ0) is 13.2. The predicted octanol–water partition coefficient (Wildman–Crippen LogP) is 2.40. The van der Waals surface area contributed by atoms with E-state index in [1.54, 1.807) is 6.07 Å². The van der Waals surface area contributed by atoms with E-state index in [2.05, 4.69) is 19.7 Å². The predicted molar refractivity (Wildman–Crippen MR) is 72.4 cm³/mol. The highest BCUT2D eigenvalue weighted by Crippen LogP contribution is 2.29. The zero-order valence-corrected chi connectivity index (χ0v) is 11.0. The molecular formula is C12H11N5OS. The van der Waals surface area contributed by atoms with Gasteiger partial charge in [0.05, 0.1) is 5.69 Å². The van der Waals surface area contributed by atoms with Crippen molar-refractivity contribution in [2.24, 2.45) is 0 Å². The van der Waals surface area contributed by atoms with E-state index in [1.165, 1.54) is 11.5 Å². The monoisotopic (exact) mass is 273 g/mol. The highest BCUT2D eigenvalue weighted by Gasteiger charge is 2.17. The summed E-state index contributed by atoms with van der Waals surface area (Å²) in [6.45, 7) is 2.01. The number of aromatic nitrogens is 4. The topological polar surface area (TPSA) is 90.7 Å². The quantitative estimate of drug-likeness (QED) is 0.737. The number of hydrogen-bond donors (Lipinski definition) is 1. The van der Waals surface area contributed by atoms with E-state index in [4.69, 9.17) is 10.3 Å². The Balaban J connectivity index is 2.03. The minimum Gasteiger partial charge on any atom is -0.398 e. The number of nitrogens with two attached hydrogens (primary N) is 1. The SMILES string of the molecule is CCc1nnsc1-c1nc(-c2ccccc2N)no1. The lowest BCUT2D eigenvalue weighted by molar-refractivity contribution is 0.433. The molecule has 0 radical (unpaired) electrons. The van der Waals surface area contributed by atoms with E-state index in [1.807, 2.05) is 25.1 Å². The number of para-hydroxylation sites is 1. The van der Waals surface area contributed by atoms with E-state index in [0.717, 1.165) is 22.6 Å². The molecule has 0 saturated heterocycles. The average Bonchev–Trinajstić information content (AvgIpc) is 3.07. The van der Waals surface area contributed by atoms with Crippen LogP contribution in [0.3, 0.4) is 0 Å². The number of benzene rings is 1. The fraction of sp³-hybridized carbons (Fsp3) is 0.167. The van der Waals surface area contributed by atoms with E-state index in [9.17, 15) is 0 Å². The molecule has 2 heterocycles. The highest BCUT2D eigenvalue weighted by atomic mass is 32.1. The van der Waals surface area contributed by atoms with Crippen LogP contribution in [-0.2, 0) is 6.42 Å². The van der Waals surface area contributed by atoms with Crippen LogP contribution in [0.4, 0.5) is 5.69 Å². The standard InChI is InChI=1S/C12H11N5OS/c1-2-9-10(19-17-15-9)12-14-11(16-18-12)7-5-3-4-6-8(7)13/h3-6H,2,13H2,1H3. The van der Waals surface area contributed by atoms with Crippen molar-refractivity contribution in [3.8, 4) is 22.2 Å². The molecule has 0 saturated carbocycles. The second-order valence-corrected chi connectivity index (χ2v) is 4.67. The normalized spacial score (nSPS) is 10.8. The molecule has 0 fully saturated rings. The van der Waals surface area contributed by atoms with Crippen LogP contribution in [0.1, 0.15) is 12.6 Å². The van der Waals surface area contributed by atoms with Crippen molar-refractivity contribution in [2.75, 3.05) is 5.73 Å². The minimum absolute atomic E-state index is 0.435. The van der Waals surface area contributed by atoms with Gasteiger partial charge in [0.25, 0.3) is 5.89 Å². The van der Waals surface area contributed by atoms with Gasteiger partial charge in [-0.2, -0.15) is 4.98 Å². The molecule has 19 heavy (non-hydrogen) atoms. The molecule has 0 atom stereocenters. The fourth-order valence-corrected chi connectivity index (χ4v) is 2.40. The van der Waals surface area contributed by atoms with E-state index >= 15 is 0 Å². The Hall–Kier alpha value is -2.28. The van der Waals surface area contributed by atoms with Crippen molar-refractivity contribution in [3.05, 3.63) is 30.0 Å². The third-order valence-electron chi connectivity index (χ3n) is 2.71. The number of nitrogens with zero attached hydrogens (tertiary/aromatic N) is 4. The second kappa shape index (κ2) is 4.77. The third-order valence-corrected chi connectivity index (χ3v) is 3.47. The Bertz CT molecular complexity index is 705. The Morgan fingerprint density at radius 3 is 2.95 bits per heavy atom. The Labute approximate surface area is 113 Å². The van der Waals surface area contributed by atoms with Gasteiger partial charge in [0, 0.05) is 11.3 Å². The molecule has 3 aromatic rings. The molecule has 6 nitrogen and oxygen atoms in total. The van der Waals surface area contributed by atoms with Crippen LogP contribution in [-0.4, -0.2) is 19.7 Å². The van der Waals surface area contributed by atoms with Gasteiger partial charge in [0.2, 0.25) is 5.82 Å². The van der Waals surface area contributed by atoms with Gasteiger partial charge in [-0.05, 0) is 30.1 Å². The van der Waals surface area contributed by atoms with Crippen molar-refractivity contribution < 1.29 is 4.52 Å². The summed E-state index contributed by atoms with van der Waals surface area (Å²) in [5.41, 5.74) is 8.13. The lowest BCUT2D eigenvalue weighted by Gasteiger charge is -1.97. The van der Waals surface area contributed by atoms with E-state index in [-0.39, 0.29) is 0 Å². The van der Waals surface area contributed by atoms with Crippen LogP contribution < -0.4 is 5.73 Å². The molecule has 0 aliphatic heterocycles. The summed E-state index contributed by atoms with van der Waals surface area (Å²) in [5, 5.41) is 7.99. The number of hydrogen-bond acceptors (Lipinski definition) is 7. The second-order valence-electron chi connectivity index (χ2n) is 3.91. The summed E-state index contributed by atoms with van der Waals surface area (Å²) >= 11 is 1.25. The summed E-state index contributed by atoms with van der Waals surface area (Å²) in [7, 11) is 0. The van der Waals surface area contributed by atoms with Gasteiger partial charge >= 0.3 is 0 Å². The number of aryl methyl sites for hydroxylation is 1. The zero-order valence-electron chi connectivity index (χ0n) is 10.2. The Morgan fingerprint density at radius 1 is 1.32 bits per heavy atom. The van der Waals surface area contributed by atoms with Gasteiger partial charge in [-0.3, -0.25) is 0 Å². The molecule has 1 aromatic carbocycles. The third kappa shape index (κ3) is 2.08. The maximum Gasteiger partial charge on any atom is 0.271 e. The molecule has 0 spiro atoms. The summed E-state index contributed by atoms with van der Waals surface area (Å²) in [4.78, 5) is 5.18. The largest absolute Gasteiger partial charge is 0.398 e. The Morgan fingerprint density at radius 2 is 2.16 bits per heavy atom. The summed E-state index contributed by atoms with van der Waals surface area (Å²) < 4.78 is 9.18.